The molecule has 0 spiro atoms. The van der Waals surface area contributed by atoms with Gasteiger partial charge in [-0.15, -0.1) is 0 Å². The molecular formula is C28H35N9O3. The summed E-state index contributed by atoms with van der Waals surface area (Å²) in [6.07, 6.45) is 7.68. The molecule has 1 aliphatic heterocycles. The highest BCUT2D eigenvalue weighted by Crippen LogP contribution is 2.48. The predicted molar refractivity (Wildman–Crippen MR) is 148 cm³/mol. The quantitative estimate of drug-likeness (QED) is 0.376. The maximum absolute atomic E-state index is 12.5. The van der Waals surface area contributed by atoms with Crippen molar-refractivity contribution in [2.45, 2.75) is 83.8 Å². The molecule has 4 aromatic rings. The van der Waals surface area contributed by atoms with Gasteiger partial charge in [0, 0.05) is 37.3 Å². The molecule has 1 saturated heterocycles. The van der Waals surface area contributed by atoms with E-state index >= 15 is 0 Å². The summed E-state index contributed by atoms with van der Waals surface area (Å²) >= 11 is 0. The number of ether oxygens (including phenoxy) is 1. The molecule has 12 nitrogen and oxygen atoms in total. The van der Waals surface area contributed by atoms with Gasteiger partial charge in [-0.1, -0.05) is 5.16 Å². The van der Waals surface area contributed by atoms with Crippen LogP contribution in [0.4, 0.5) is 10.6 Å². The Hall–Kier alpha value is -4.09. The number of hydrogen-bond acceptors (Lipinski definition) is 10. The van der Waals surface area contributed by atoms with Crippen LogP contribution >= 0.6 is 0 Å². The molecule has 0 unspecified atom stereocenters. The number of carbonyl (C=O) groups excluding carboxylic acids is 1. The highest BCUT2D eigenvalue weighted by atomic mass is 16.6. The molecule has 5 heterocycles. The first-order valence-electron chi connectivity index (χ1n) is 13.7. The van der Waals surface area contributed by atoms with Gasteiger partial charge in [-0.05, 0) is 66.4 Å². The number of likely N-dealkylation sites (tertiary alicyclic amines) is 1. The number of nitrogens with zero attached hydrogens (tertiary/aromatic N) is 8. The standard InChI is InChI=1S/C28H35N9O3/c1-27(2,3)37-25-19(23(29)32-14-33-25)20(34-37)21-18(22(40-35-21)15-7-8-15)24-30-11-17(12-31-24)16-9-10-36(13-16)26(38)39-28(4,5)6/h11-12,14-16H,7-10,13H2,1-6H3,(H2,29,32,33)/t16-/m1/s1. The lowest BCUT2D eigenvalue weighted by atomic mass is 10.0. The number of fused-ring (bicyclic) bond motifs is 1. The van der Waals surface area contributed by atoms with E-state index in [1.54, 1.807) is 4.90 Å². The van der Waals surface area contributed by atoms with E-state index in [-0.39, 0.29) is 23.5 Å². The van der Waals surface area contributed by atoms with Crippen molar-refractivity contribution in [2.75, 3.05) is 18.8 Å². The van der Waals surface area contributed by atoms with Crippen molar-refractivity contribution in [3.8, 4) is 22.8 Å². The van der Waals surface area contributed by atoms with Gasteiger partial charge in [0.25, 0.3) is 0 Å². The number of carbonyl (C=O) groups is 1. The first-order chi connectivity index (χ1) is 18.9. The Balaban J connectivity index is 1.36. The Labute approximate surface area is 232 Å². The van der Waals surface area contributed by atoms with Gasteiger partial charge in [0.15, 0.2) is 17.2 Å². The highest BCUT2D eigenvalue weighted by molar-refractivity contribution is 6.00. The molecule has 1 saturated carbocycles. The van der Waals surface area contributed by atoms with Crippen LogP contribution < -0.4 is 5.73 Å². The molecule has 6 rings (SSSR count). The van der Waals surface area contributed by atoms with E-state index in [0.29, 0.717) is 47.2 Å². The van der Waals surface area contributed by atoms with Crippen LogP contribution in [0.2, 0.25) is 0 Å². The molecule has 4 aromatic heterocycles. The Morgan fingerprint density at radius 3 is 2.38 bits per heavy atom. The van der Waals surface area contributed by atoms with Crippen molar-refractivity contribution in [1.29, 1.82) is 0 Å². The first-order valence-corrected chi connectivity index (χ1v) is 13.7. The third kappa shape index (κ3) is 4.75. The van der Waals surface area contributed by atoms with Gasteiger partial charge in [-0.2, -0.15) is 5.10 Å². The molecule has 0 aromatic carbocycles. The van der Waals surface area contributed by atoms with Crippen molar-refractivity contribution >= 4 is 22.9 Å². The van der Waals surface area contributed by atoms with Crippen molar-refractivity contribution in [3.63, 3.8) is 0 Å². The van der Waals surface area contributed by atoms with Crippen molar-refractivity contribution in [3.05, 3.63) is 30.0 Å². The molecular weight excluding hydrogens is 510 g/mol. The zero-order valence-corrected chi connectivity index (χ0v) is 23.8. The van der Waals surface area contributed by atoms with Crippen LogP contribution in [-0.4, -0.2) is 64.6 Å². The number of aromatic nitrogens is 7. The summed E-state index contributed by atoms with van der Waals surface area (Å²) in [6, 6.07) is 0. The normalized spacial score (nSPS) is 18.1. The lowest BCUT2D eigenvalue weighted by Crippen LogP contribution is -2.35. The van der Waals surface area contributed by atoms with E-state index in [1.807, 2.05) is 37.8 Å². The average Bonchev–Trinajstić information content (AvgIpc) is 3.28. The van der Waals surface area contributed by atoms with Crippen LogP contribution in [0.25, 0.3) is 33.8 Å². The van der Waals surface area contributed by atoms with Gasteiger partial charge in [-0.3, -0.25) is 0 Å². The summed E-state index contributed by atoms with van der Waals surface area (Å²) in [5.41, 5.74) is 8.86. The fourth-order valence-corrected chi connectivity index (χ4v) is 5.12. The summed E-state index contributed by atoms with van der Waals surface area (Å²) in [7, 11) is 0. The maximum atomic E-state index is 12.5. The van der Waals surface area contributed by atoms with Gasteiger partial charge in [0.05, 0.1) is 16.5 Å². The summed E-state index contributed by atoms with van der Waals surface area (Å²) in [6.45, 7) is 13.0. The molecule has 2 aliphatic rings. The van der Waals surface area contributed by atoms with Gasteiger partial charge in [0.1, 0.15) is 29.1 Å². The number of hydrogen-bond donors (Lipinski definition) is 1. The Morgan fingerprint density at radius 1 is 1.00 bits per heavy atom. The zero-order chi connectivity index (χ0) is 28.4. The Bertz CT molecular complexity index is 1570. The first kappa shape index (κ1) is 26.1. The second-order valence-electron chi connectivity index (χ2n) is 12.7. The minimum Gasteiger partial charge on any atom is -0.444 e. The second-order valence-corrected chi connectivity index (χ2v) is 12.7. The molecule has 1 aliphatic carbocycles. The molecule has 2 N–H and O–H groups in total. The Kier molecular flexibility index (Phi) is 6.04. The molecule has 2 fully saturated rings. The number of amides is 1. The fraction of sp³-hybridized carbons (Fsp3) is 0.536. The largest absolute Gasteiger partial charge is 0.444 e. The van der Waals surface area contributed by atoms with E-state index in [4.69, 9.17) is 30.1 Å². The summed E-state index contributed by atoms with van der Waals surface area (Å²) in [5.74, 6) is 1.99. The number of nitrogen functional groups attached to an aromatic ring is 1. The third-order valence-corrected chi connectivity index (χ3v) is 7.23. The van der Waals surface area contributed by atoms with Crippen LogP contribution in [0.1, 0.15) is 84.0 Å². The van der Waals surface area contributed by atoms with Crippen LogP contribution in [0.5, 0.6) is 0 Å². The SMILES string of the molecule is CC(C)(C)OC(=O)N1CC[C@@H](c2cnc(-c3c(-c4nn(C(C)(C)C)c5ncnc(N)c45)noc3C3CC3)nc2)C1. The van der Waals surface area contributed by atoms with E-state index in [2.05, 4.69) is 35.9 Å². The van der Waals surface area contributed by atoms with Gasteiger partial charge < -0.3 is 19.9 Å². The fourth-order valence-electron chi connectivity index (χ4n) is 5.12. The monoisotopic (exact) mass is 545 g/mol. The molecule has 1 amide bonds. The molecule has 40 heavy (non-hydrogen) atoms. The minimum absolute atomic E-state index is 0.134. The summed E-state index contributed by atoms with van der Waals surface area (Å²) in [5, 5.41) is 10.0. The van der Waals surface area contributed by atoms with Crippen molar-refractivity contribution < 1.29 is 14.1 Å². The molecule has 1 atom stereocenters. The average molecular weight is 546 g/mol. The number of rotatable bonds is 4. The van der Waals surface area contributed by atoms with E-state index in [1.165, 1.54) is 6.33 Å². The molecule has 0 bridgehead atoms. The minimum atomic E-state index is -0.527. The van der Waals surface area contributed by atoms with Crippen molar-refractivity contribution in [2.24, 2.45) is 0 Å². The van der Waals surface area contributed by atoms with Crippen LogP contribution in [0, 0.1) is 0 Å². The maximum Gasteiger partial charge on any atom is 0.410 e. The van der Waals surface area contributed by atoms with Gasteiger partial charge in [0.2, 0.25) is 0 Å². The van der Waals surface area contributed by atoms with Crippen LogP contribution in [0.3, 0.4) is 0 Å². The van der Waals surface area contributed by atoms with E-state index in [9.17, 15) is 4.79 Å². The van der Waals surface area contributed by atoms with Crippen molar-refractivity contribution in [1.82, 2.24) is 39.8 Å². The van der Waals surface area contributed by atoms with Gasteiger partial charge >= 0.3 is 6.09 Å². The lowest BCUT2D eigenvalue weighted by molar-refractivity contribution is 0.0292. The molecule has 210 valence electrons. The number of anilines is 1. The zero-order valence-electron chi connectivity index (χ0n) is 23.8. The van der Waals surface area contributed by atoms with Gasteiger partial charge in [-0.25, -0.2) is 29.4 Å². The smallest absolute Gasteiger partial charge is 0.410 e. The predicted octanol–water partition coefficient (Wildman–Crippen LogP) is 4.88. The third-order valence-electron chi connectivity index (χ3n) is 7.23. The summed E-state index contributed by atoms with van der Waals surface area (Å²) in [4.78, 5) is 32.5. The second kappa shape index (κ2) is 9.24. The molecule has 0 radical (unpaired) electrons. The highest BCUT2D eigenvalue weighted by Gasteiger charge is 2.37. The van der Waals surface area contributed by atoms with Crippen LogP contribution in [0.15, 0.2) is 23.2 Å². The topological polar surface area (TPSA) is 151 Å². The van der Waals surface area contributed by atoms with E-state index < -0.39 is 5.60 Å². The number of nitrogens with two attached hydrogens (primary N) is 1. The summed E-state index contributed by atoms with van der Waals surface area (Å²) < 4.78 is 13.3. The van der Waals surface area contributed by atoms with Crippen LogP contribution in [-0.2, 0) is 10.3 Å². The molecule has 12 heteroatoms. The van der Waals surface area contributed by atoms with E-state index in [0.717, 1.165) is 36.1 Å². The Morgan fingerprint density at radius 2 is 1.73 bits per heavy atom. The lowest BCUT2D eigenvalue weighted by Gasteiger charge is -2.24.